The summed E-state index contributed by atoms with van der Waals surface area (Å²) in [7, 11) is 0. The monoisotopic (exact) mass is 400 g/mol. The molecular formula is C22H32N4O3. The number of nitrogens with one attached hydrogen (secondary N) is 1. The maximum absolute atomic E-state index is 6.11. The Labute approximate surface area is 173 Å². The van der Waals surface area contributed by atoms with E-state index in [0.717, 1.165) is 69.4 Å². The fourth-order valence-corrected chi connectivity index (χ4v) is 4.41. The third-order valence-electron chi connectivity index (χ3n) is 5.91. The fourth-order valence-electron chi connectivity index (χ4n) is 4.41. The van der Waals surface area contributed by atoms with E-state index in [1.165, 1.54) is 11.1 Å². The highest BCUT2D eigenvalue weighted by Gasteiger charge is 2.32. The Kier molecular flexibility index (Phi) is 6.25. The molecule has 7 heteroatoms. The van der Waals surface area contributed by atoms with E-state index < -0.39 is 0 Å². The zero-order valence-electron chi connectivity index (χ0n) is 17.4. The second kappa shape index (κ2) is 9.05. The van der Waals surface area contributed by atoms with E-state index in [1.54, 1.807) is 0 Å². The summed E-state index contributed by atoms with van der Waals surface area (Å²) in [4.78, 5) is 10.6. The van der Waals surface area contributed by atoms with E-state index in [-0.39, 0.29) is 12.0 Å². The molecule has 1 aromatic rings. The van der Waals surface area contributed by atoms with Crippen LogP contribution in [0.5, 0.6) is 11.5 Å². The molecule has 0 amide bonds. The predicted octanol–water partition coefficient (Wildman–Crippen LogP) is 2.24. The minimum absolute atomic E-state index is 0.0385. The second-order valence-electron chi connectivity index (χ2n) is 8.31. The Morgan fingerprint density at radius 3 is 2.79 bits per heavy atom. The summed E-state index contributed by atoms with van der Waals surface area (Å²) < 4.78 is 11.9. The first-order chi connectivity index (χ1) is 14.1. The van der Waals surface area contributed by atoms with Gasteiger partial charge in [-0.05, 0) is 25.0 Å². The Morgan fingerprint density at radius 2 is 2.03 bits per heavy atom. The largest absolute Gasteiger partial charge is 0.493 e. The highest BCUT2D eigenvalue weighted by Crippen LogP contribution is 2.39. The van der Waals surface area contributed by atoms with Crippen molar-refractivity contribution in [2.75, 3.05) is 64.3 Å². The van der Waals surface area contributed by atoms with Gasteiger partial charge in [0.2, 0.25) is 0 Å². The first-order valence-electron chi connectivity index (χ1n) is 10.5. The number of ether oxygens (including phenoxy) is 2. The van der Waals surface area contributed by atoms with Gasteiger partial charge in [0.05, 0.1) is 12.3 Å². The van der Waals surface area contributed by atoms with Gasteiger partial charge in [-0.1, -0.05) is 12.2 Å². The van der Waals surface area contributed by atoms with Crippen molar-refractivity contribution >= 4 is 12.4 Å². The highest BCUT2D eigenvalue weighted by molar-refractivity contribution is 5.63. The van der Waals surface area contributed by atoms with Crippen LogP contribution in [0.25, 0.3) is 0 Å². The molecular weight excluding hydrogens is 368 g/mol. The first-order valence-corrected chi connectivity index (χ1v) is 10.5. The number of benzene rings is 1. The number of nitrogens with zero attached hydrogens (tertiary/aromatic N) is 3. The van der Waals surface area contributed by atoms with Crippen molar-refractivity contribution in [3.05, 3.63) is 29.8 Å². The van der Waals surface area contributed by atoms with Gasteiger partial charge < -0.3 is 19.6 Å². The molecule has 0 spiro atoms. The van der Waals surface area contributed by atoms with E-state index in [4.69, 9.17) is 14.3 Å². The lowest BCUT2D eigenvalue weighted by molar-refractivity contribution is -0.0304. The molecule has 0 aliphatic carbocycles. The van der Waals surface area contributed by atoms with Gasteiger partial charge in [-0.25, -0.2) is 0 Å². The van der Waals surface area contributed by atoms with Gasteiger partial charge in [0.25, 0.3) is 0 Å². The van der Waals surface area contributed by atoms with Gasteiger partial charge in [0.15, 0.2) is 0 Å². The van der Waals surface area contributed by atoms with Crippen LogP contribution >= 0.6 is 0 Å². The number of rotatable bonds is 7. The molecule has 0 aromatic heterocycles. The average Bonchev–Trinajstić information content (AvgIpc) is 2.72. The summed E-state index contributed by atoms with van der Waals surface area (Å²) in [6.45, 7) is 17.8. The van der Waals surface area contributed by atoms with Crippen molar-refractivity contribution in [2.24, 2.45) is 11.1 Å². The smallest absolute Gasteiger partial charge is 0.146 e. The van der Waals surface area contributed by atoms with Crippen LogP contribution in [0.3, 0.4) is 0 Å². The van der Waals surface area contributed by atoms with Gasteiger partial charge >= 0.3 is 0 Å². The van der Waals surface area contributed by atoms with Crippen LogP contribution < -0.4 is 14.8 Å². The SMILES string of the molecule is C=NOC(CN1CCN(CC(=C)C)CC1)C1COc2cc3c(cc2C1)OCCN3. The minimum atomic E-state index is -0.0385. The topological polar surface area (TPSA) is 58.6 Å². The number of piperazine rings is 1. The average molecular weight is 401 g/mol. The lowest BCUT2D eigenvalue weighted by Gasteiger charge is -2.38. The summed E-state index contributed by atoms with van der Waals surface area (Å²) in [6.07, 6.45) is 0.852. The lowest BCUT2D eigenvalue weighted by atomic mass is 9.91. The molecule has 1 saturated heterocycles. The van der Waals surface area contributed by atoms with Crippen LogP contribution in [0.1, 0.15) is 12.5 Å². The zero-order chi connectivity index (χ0) is 20.2. The van der Waals surface area contributed by atoms with Gasteiger partial charge in [-0.15, -0.1) is 5.16 Å². The van der Waals surface area contributed by atoms with E-state index in [0.29, 0.717) is 13.2 Å². The third kappa shape index (κ3) is 4.85. The molecule has 3 aliphatic heterocycles. The van der Waals surface area contributed by atoms with Gasteiger partial charge in [-0.3, -0.25) is 9.80 Å². The molecule has 1 aromatic carbocycles. The van der Waals surface area contributed by atoms with Crippen LogP contribution in [0, 0.1) is 5.92 Å². The van der Waals surface area contributed by atoms with E-state index in [2.05, 4.69) is 52.6 Å². The first kappa shape index (κ1) is 20.0. The molecule has 2 unspecified atom stereocenters. The molecule has 0 saturated carbocycles. The van der Waals surface area contributed by atoms with Crippen LogP contribution in [0.15, 0.2) is 29.4 Å². The molecule has 2 atom stereocenters. The summed E-state index contributed by atoms with van der Waals surface area (Å²) >= 11 is 0. The molecule has 0 bridgehead atoms. The van der Waals surface area contributed by atoms with Crippen molar-refractivity contribution < 1.29 is 14.3 Å². The van der Waals surface area contributed by atoms with Crippen LogP contribution in [-0.4, -0.2) is 81.6 Å². The number of anilines is 1. The molecule has 29 heavy (non-hydrogen) atoms. The summed E-state index contributed by atoms with van der Waals surface area (Å²) in [5.41, 5.74) is 3.41. The molecule has 1 fully saturated rings. The summed E-state index contributed by atoms with van der Waals surface area (Å²) in [5.74, 6) is 2.08. The van der Waals surface area contributed by atoms with E-state index >= 15 is 0 Å². The van der Waals surface area contributed by atoms with Crippen LogP contribution in [0.4, 0.5) is 5.69 Å². The Balaban J connectivity index is 1.38. The van der Waals surface area contributed by atoms with Crippen molar-refractivity contribution in [3.63, 3.8) is 0 Å². The standard InChI is InChI=1S/C22H32N4O3/c1-16(2)13-25-5-7-26(8-6-25)14-22(29-23-3)18-10-17-11-21-19(24-4-9-27-21)12-20(17)28-15-18/h11-12,18,22,24H,1,3-10,13-15H2,2H3. The molecule has 3 heterocycles. The van der Waals surface area contributed by atoms with Gasteiger partial charge in [-0.2, -0.15) is 0 Å². The second-order valence-corrected chi connectivity index (χ2v) is 8.31. The minimum Gasteiger partial charge on any atom is -0.493 e. The van der Waals surface area contributed by atoms with Crippen LogP contribution in [-0.2, 0) is 11.3 Å². The van der Waals surface area contributed by atoms with Crippen molar-refractivity contribution in [3.8, 4) is 11.5 Å². The molecule has 0 radical (unpaired) electrons. The van der Waals surface area contributed by atoms with E-state index in [1.807, 2.05) is 0 Å². The third-order valence-corrected chi connectivity index (χ3v) is 5.91. The Morgan fingerprint density at radius 1 is 1.24 bits per heavy atom. The van der Waals surface area contributed by atoms with Gasteiger partial charge in [0, 0.05) is 64.5 Å². The number of hydrogen-bond donors (Lipinski definition) is 1. The quantitative estimate of drug-likeness (QED) is 0.430. The highest BCUT2D eigenvalue weighted by atomic mass is 16.6. The van der Waals surface area contributed by atoms with Crippen molar-refractivity contribution in [1.29, 1.82) is 0 Å². The number of oxime groups is 1. The maximum atomic E-state index is 6.11. The van der Waals surface area contributed by atoms with Crippen LogP contribution in [0.2, 0.25) is 0 Å². The fraction of sp³-hybridized carbons (Fsp3) is 0.591. The lowest BCUT2D eigenvalue weighted by Crippen LogP contribution is -2.50. The predicted molar refractivity (Wildman–Crippen MR) is 115 cm³/mol. The summed E-state index contributed by atoms with van der Waals surface area (Å²) in [5, 5.41) is 7.14. The number of fused-ring (bicyclic) bond motifs is 2. The maximum Gasteiger partial charge on any atom is 0.146 e. The molecule has 3 aliphatic rings. The van der Waals surface area contributed by atoms with Crippen molar-refractivity contribution in [1.82, 2.24) is 9.80 Å². The number of hydrogen-bond acceptors (Lipinski definition) is 7. The Bertz CT molecular complexity index is 746. The molecule has 7 nitrogen and oxygen atoms in total. The molecule has 1 N–H and O–H groups in total. The normalized spacial score (nSPS) is 22.9. The Hall–Kier alpha value is -2.25. The molecule has 4 rings (SSSR count). The molecule has 158 valence electrons. The summed E-state index contributed by atoms with van der Waals surface area (Å²) in [6, 6.07) is 4.17. The van der Waals surface area contributed by atoms with Crippen molar-refractivity contribution in [2.45, 2.75) is 19.4 Å². The zero-order valence-corrected chi connectivity index (χ0v) is 17.4. The van der Waals surface area contributed by atoms with Gasteiger partial charge in [0.1, 0.15) is 24.2 Å². The van der Waals surface area contributed by atoms with E-state index in [9.17, 15) is 0 Å².